The van der Waals surface area contributed by atoms with Crippen LogP contribution in [0.4, 0.5) is 5.82 Å². The Labute approximate surface area is 205 Å². The van der Waals surface area contributed by atoms with E-state index in [2.05, 4.69) is 24.7 Å². The zero-order valence-corrected chi connectivity index (χ0v) is 22.1. The Morgan fingerprint density at radius 3 is 2.49 bits per heavy atom. The predicted octanol–water partition coefficient (Wildman–Crippen LogP) is 2.47. The molecule has 11 nitrogen and oxygen atoms in total. The molecule has 12 heteroatoms. The van der Waals surface area contributed by atoms with E-state index in [-0.39, 0.29) is 23.1 Å². The lowest BCUT2D eigenvalue weighted by Crippen LogP contribution is -2.19. The van der Waals surface area contributed by atoms with Gasteiger partial charge in [-0.05, 0) is 47.4 Å². The third kappa shape index (κ3) is 6.45. The topological polar surface area (TPSA) is 124 Å². The molecular formula is C23H33N7O4S. The van der Waals surface area contributed by atoms with E-state index in [4.69, 9.17) is 4.74 Å². The minimum absolute atomic E-state index is 0.0263. The highest BCUT2D eigenvalue weighted by molar-refractivity contribution is 7.92. The van der Waals surface area contributed by atoms with Crippen LogP contribution in [0.3, 0.4) is 0 Å². The summed E-state index contributed by atoms with van der Waals surface area (Å²) in [5, 5.41) is 4.56. The molecule has 0 aliphatic rings. The largest absolute Gasteiger partial charge is 0.420 e. The van der Waals surface area contributed by atoms with Crippen LogP contribution in [0.1, 0.15) is 30.3 Å². The van der Waals surface area contributed by atoms with Gasteiger partial charge in [-0.2, -0.15) is 15.1 Å². The molecule has 0 bridgehead atoms. The van der Waals surface area contributed by atoms with Crippen LogP contribution in [0.2, 0.25) is 0 Å². The highest BCUT2D eigenvalue weighted by Gasteiger charge is 2.19. The summed E-state index contributed by atoms with van der Waals surface area (Å²) in [6, 6.07) is 3.20. The van der Waals surface area contributed by atoms with Crippen molar-refractivity contribution in [2.45, 2.75) is 40.7 Å². The summed E-state index contributed by atoms with van der Waals surface area (Å²) < 4.78 is 36.8. The van der Waals surface area contributed by atoms with E-state index in [0.29, 0.717) is 41.2 Å². The second-order valence-corrected chi connectivity index (χ2v) is 10.6. The van der Waals surface area contributed by atoms with E-state index < -0.39 is 10.0 Å². The molecule has 0 fully saturated rings. The Balaban J connectivity index is 2.07. The third-order valence-corrected chi connectivity index (χ3v) is 6.83. The fourth-order valence-corrected chi connectivity index (χ4v) is 4.66. The SMILES string of the molecule is CCCS(=O)(=O)Nc1cc(-c2cc(C)c(=O)n(C)c2)nc(Oc2c(C)nn(CCN(C)C)c2C)n1. The Kier molecular flexibility index (Phi) is 7.96. The summed E-state index contributed by atoms with van der Waals surface area (Å²) in [5.41, 5.74) is 2.93. The van der Waals surface area contributed by atoms with Crippen molar-refractivity contribution in [2.24, 2.45) is 7.05 Å². The van der Waals surface area contributed by atoms with Gasteiger partial charge in [-0.3, -0.25) is 14.2 Å². The number of sulfonamides is 1. The molecule has 0 aliphatic carbocycles. The minimum atomic E-state index is -3.60. The van der Waals surface area contributed by atoms with Crippen LogP contribution in [-0.2, 0) is 23.6 Å². The van der Waals surface area contributed by atoms with Gasteiger partial charge in [0.1, 0.15) is 11.5 Å². The maximum atomic E-state index is 12.4. The lowest BCUT2D eigenvalue weighted by Gasteiger charge is -2.13. The minimum Gasteiger partial charge on any atom is -0.420 e. The molecule has 0 saturated heterocycles. The summed E-state index contributed by atoms with van der Waals surface area (Å²) >= 11 is 0. The van der Waals surface area contributed by atoms with Crippen molar-refractivity contribution in [1.29, 1.82) is 0 Å². The molecule has 0 atom stereocenters. The second-order valence-electron chi connectivity index (χ2n) is 8.80. The Bertz CT molecular complexity index is 1350. The first-order valence-electron chi connectivity index (χ1n) is 11.3. The number of hydrogen-bond acceptors (Lipinski definition) is 8. The van der Waals surface area contributed by atoms with Gasteiger partial charge in [0.05, 0.1) is 23.7 Å². The molecule has 0 amide bonds. The van der Waals surface area contributed by atoms with E-state index in [1.807, 2.05) is 32.6 Å². The number of anilines is 1. The number of likely N-dealkylation sites (N-methyl/N-ethyl adjacent to an activating group) is 1. The maximum Gasteiger partial charge on any atom is 0.324 e. The smallest absolute Gasteiger partial charge is 0.324 e. The molecule has 3 aromatic heterocycles. The molecule has 0 aliphatic heterocycles. The summed E-state index contributed by atoms with van der Waals surface area (Å²) in [5.74, 6) is 0.554. The number of aryl methyl sites for hydroxylation is 3. The average molecular weight is 504 g/mol. The number of nitrogens with zero attached hydrogens (tertiary/aromatic N) is 6. The van der Waals surface area contributed by atoms with Crippen LogP contribution in [0, 0.1) is 20.8 Å². The lowest BCUT2D eigenvalue weighted by molar-refractivity contribution is 0.369. The first kappa shape index (κ1) is 26.4. The number of nitrogens with one attached hydrogen (secondary N) is 1. The Morgan fingerprint density at radius 1 is 1.14 bits per heavy atom. The number of hydrogen-bond donors (Lipinski definition) is 1. The van der Waals surface area contributed by atoms with Crippen molar-refractivity contribution >= 4 is 15.8 Å². The van der Waals surface area contributed by atoms with E-state index in [0.717, 1.165) is 12.2 Å². The summed E-state index contributed by atoms with van der Waals surface area (Å²) in [6.07, 6.45) is 2.10. The fourth-order valence-electron chi connectivity index (χ4n) is 3.60. The molecule has 3 aromatic rings. The number of rotatable bonds is 10. The van der Waals surface area contributed by atoms with Crippen LogP contribution < -0.4 is 15.0 Å². The van der Waals surface area contributed by atoms with Crippen molar-refractivity contribution in [3.05, 3.63) is 45.6 Å². The van der Waals surface area contributed by atoms with E-state index in [9.17, 15) is 13.2 Å². The normalized spacial score (nSPS) is 11.8. The summed E-state index contributed by atoms with van der Waals surface area (Å²) in [7, 11) is 2.04. The molecule has 0 spiro atoms. The monoisotopic (exact) mass is 503 g/mol. The number of ether oxygens (including phenoxy) is 1. The van der Waals surface area contributed by atoms with Gasteiger partial charge in [0.15, 0.2) is 5.75 Å². The number of pyridine rings is 1. The highest BCUT2D eigenvalue weighted by Crippen LogP contribution is 2.29. The second kappa shape index (κ2) is 10.6. The standard InChI is InChI=1S/C23H33N7O4S/c1-8-11-35(32,33)27-20-13-19(18-12-15(2)22(31)29(7)14-18)24-23(25-20)34-21-16(3)26-30(17(21)4)10-9-28(5)6/h12-14H,8-11H2,1-7H3,(H,24,25,27). The fraction of sp³-hybridized carbons (Fsp3) is 0.478. The van der Waals surface area contributed by atoms with E-state index in [1.54, 1.807) is 33.2 Å². The molecule has 35 heavy (non-hydrogen) atoms. The summed E-state index contributed by atoms with van der Waals surface area (Å²) in [6.45, 7) is 8.72. The van der Waals surface area contributed by atoms with E-state index in [1.165, 1.54) is 10.6 Å². The van der Waals surface area contributed by atoms with Crippen LogP contribution in [0.5, 0.6) is 11.8 Å². The van der Waals surface area contributed by atoms with E-state index >= 15 is 0 Å². The molecule has 3 heterocycles. The average Bonchev–Trinajstić information content (AvgIpc) is 3.02. The van der Waals surface area contributed by atoms with Gasteiger partial charge in [-0.15, -0.1) is 0 Å². The van der Waals surface area contributed by atoms with Gasteiger partial charge in [0, 0.05) is 37.0 Å². The van der Waals surface area contributed by atoms with Crippen LogP contribution in [0.15, 0.2) is 23.1 Å². The molecule has 190 valence electrons. The van der Waals surface area contributed by atoms with Gasteiger partial charge < -0.3 is 14.2 Å². The third-order valence-electron chi connectivity index (χ3n) is 5.36. The molecule has 0 unspecified atom stereocenters. The van der Waals surface area contributed by atoms with Crippen molar-refractivity contribution in [2.75, 3.05) is 31.1 Å². The molecule has 0 radical (unpaired) electrons. The van der Waals surface area contributed by atoms with Crippen LogP contribution in [0.25, 0.3) is 11.3 Å². The van der Waals surface area contributed by atoms with Crippen LogP contribution in [-0.4, -0.2) is 64.0 Å². The quantitative estimate of drug-likeness (QED) is 0.447. The van der Waals surface area contributed by atoms with Gasteiger partial charge in [0.2, 0.25) is 10.0 Å². The van der Waals surface area contributed by atoms with Crippen molar-refractivity contribution in [3.63, 3.8) is 0 Å². The first-order valence-corrected chi connectivity index (χ1v) is 13.0. The summed E-state index contributed by atoms with van der Waals surface area (Å²) in [4.78, 5) is 23.1. The molecule has 0 saturated carbocycles. The van der Waals surface area contributed by atoms with Gasteiger partial charge >= 0.3 is 6.01 Å². The van der Waals surface area contributed by atoms with Gasteiger partial charge in [0.25, 0.3) is 5.56 Å². The predicted molar refractivity (Wildman–Crippen MR) is 135 cm³/mol. The molecule has 3 rings (SSSR count). The first-order chi connectivity index (χ1) is 16.4. The van der Waals surface area contributed by atoms with Crippen LogP contribution >= 0.6 is 0 Å². The van der Waals surface area contributed by atoms with Crippen molar-refractivity contribution < 1.29 is 13.2 Å². The Hall–Kier alpha value is -3.25. The van der Waals surface area contributed by atoms with Crippen molar-refractivity contribution in [1.82, 2.24) is 29.2 Å². The molecule has 1 N–H and O–H groups in total. The highest BCUT2D eigenvalue weighted by atomic mass is 32.2. The lowest BCUT2D eigenvalue weighted by atomic mass is 10.1. The van der Waals surface area contributed by atoms with Crippen molar-refractivity contribution in [3.8, 4) is 23.0 Å². The molecule has 0 aromatic carbocycles. The Morgan fingerprint density at radius 2 is 1.86 bits per heavy atom. The molecular weight excluding hydrogens is 470 g/mol. The van der Waals surface area contributed by atoms with Gasteiger partial charge in [-0.1, -0.05) is 6.92 Å². The zero-order valence-electron chi connectivity index (χ0n) is 21.3. The zero-order chi connectivity index (χ0) is 25.9. The maximum absolute atomic E-state index is 12.4. The number of aromatic nitrogens is 5. The van der Waals surface area contributed by atoms with Gasteiger partial charge in [-0.25, -0.2) is 8.42 Å².